The lowest BCUT2D eigenvalue weighted by Gasteiger charge is -2.37. The van der Waals surface area contributed by atoms with Crippen molar-refractivity contribution in [1.82, 2.24) is 9.97 Å². The smallest absolute Gasteiger partial charge is 0.168 e. The third kappa shape index (κ3) is 2.53. The molecule has 0 unspecified atom stereocenters. The molecule has 2 bridgehead atoms. The van der Waals surface area contributed by atoms with Gasteiger partial charge in [0.05, 0.1) is 11.0 Å². The summed E-state index contributed by atoms with van der Waals surface area (Å²) in [6.07, 6.45) is 5.34. The number of hydrogen-bond donors (Lipinski definition) is 2. The summed E-state index contributed by atoms with van der Waals surface area (Å²) in [5, 5.41) is 0. The number of rotatable bonds is 4. The SMILES string of the molecule is CC1(C)[C@H]2CC[C@]1(c1nccc(C=O)n1)C(N)=C2/C=C(\N)c1c(F)cccc1F. The maximum Gasteiger partial charge on any atom is 0.168 e. The van der Waals surface area contributed by atoms with Crippen LogP contribution in [0.4, 0.5) is 8.78 Å². The number of nitrogens with zero attached hydrogens (tertiary/aromatic N) is 2. The van der Waals surface area contributed by atoms with Crippen molar-refractivity contribution >= 4 is 12.0 Å². The van der Waals surface area contributed by atoms with E-state index in [1.807, 2.05) is 0 Å². The average molecular weight is 396 g/mol. The summed E-state index contributed by atoms with van der Waals surface area (Å²) in [6, 6.07) is 5.17. The summed E-state index contributed by atoms with van der Waals surface area (Å²) < 4.78 is 28.3. The van der Waals surface area contributed by atoms with E-state index in [1.54, 1.807) is 18.3 Å². The van der Waals surface area contributed by atoms with Gasteiger partial charge in [-0.25, -0.2) is 18.7 Å². The third-order valence-corrected chi connectivity index (χ3v) is 6.67. The van der Waals surface area contributed by atoms with Crippen molar-refractivity contribution in [1.29, 1.82) is 0 Å². The van der Waals surface area contributed by atoms with Gasteiger partial charge in [-0.3, -0.25) is 4.79 Å². The Morgan fingerprint density at radius 1 is 1.24 bits per heavy atom. The lowest BCUT2D eigenvalue weighted by molar-refractivity contribution is 0.111. The van der Waals surface area contributed by atoms with Crippen molar-refractivity contribution in [2.24, 2.45) is 22.8 Å². The van der Waals surface area contributed by atoms with Gasteiger partial charge in [0.1, 0.15) is 23.2 Å². The van der Waals surface area contributed by atoms with Crippen molar-refractivity contribution in [2.75, 3.05) is 0 Å². The Hall–Kier alpha value is -3.09. The van der Waals surface area contributed by atoms with Crippen LogP contribution in [0.5, 0.6) is 0 Å². The molecule has 0 amide bonds. The van der Waals surface area contributed by atoms with Crippen molar-refractivity contribution in [3.8, 4) is 0 Å². The van der Waals surface area contributed by atoms with E-state index in [1.165, 1.54) is 18.2 Å². The number of halogens is 2. The lowest BCUT2D eigenvalue weighted by Crippen LogP contribution is -2.41. The zero-order valence-electron chi connectivity index (χ0n) is 16.2. The minimum Gasteiger partial charge on any atom is -0.401 e. The molecule has 2 atom stereocenters. The van der Waals surface area contributed by atoms with E-state index in [0.717, 1.165) is 18.4 Å². The quantitative estimate of drug-likeness (QED) is 0.772. The molecule has 1 fully saturated rings. The van der Waals surface area contributed by atoms with E-state index in [-0.39, 0.29) is 28.3 Å². The number of benzene rings is 1. The molecule has 2 aliphatic carbocycles. The maximum atomic E-state index is 14.2. The monoisotopic (exact) mass is 396 g/mol. The van der Waals surface area contributed by atoms with Crippen LogP contribution < -0.4 is 11.5 Å². The van der Waals surface area contributed by atoms with Crippen LogP contribution in [0.15, 0.2) is 47.8 Å². The van der Waals surface area contributed by atoms with E-state index >= 15 is 0 Å². The van der Waals surface area contributed by atoms with Crippen LogP contribution >= 0.6 is 0 Å². The first-order valence-electron chi connectivity index (χ1n) is 9.44. The number of nitrogens with two attached hydrogens (primary N) is 2. The van der Waals surface area contributed by atoms with Gasteiger partial charge in [0.2, 0.25) is 0 Å². The second-order valence-electron chi connectivity index (χ2n) is 8.21. The highest BCUT2D eigenvalue weighted by Crippen LogP contribution is 2.67. The van der Waals surface area contributed by atoms with Gasteiger partial charge in [-0.2, -0.15) is 0 Å². The zero-order valence-corrected chi connectivity index (χ0v) is 16.2. The fourth-order valence-corrected chi connectivity index (χ4v) is 5.16. The molecular weight excluding hydrogens is 374 g/mol. The molecule has 0 spiro atoms. The molecular formula is C22H22F2N4O. The van der Waals surface area contributed by atoms with Crippen LogP contribution in [0.25, 0.3) is 5.70 Å². The van der Waals surface area contributed by atoms with E-state index < -0.39 is 17.0 Å². The lowest BCUT2D eigenvalue weighted by atomic mass is 9.67. The normalized spacial score (nSPS) is 25.5. The van der Waals surface area contributed by atoms with Crippen molar-refractivity contribution in [2.45, 2.75) is 32.1 Å². The van der Waals surface area contributed by atoms with E-state index in [2.05, 4.69) is 23.8 Å². The summed E-state index contributed by atoms with van der Waals surface area (Å²) in [7, 11) is 0. The topological polar surface area (TPSA) is 94.9 Å². The molecule has 0 radical (unpaired) electrons. The molecule has 4 N–H and O–H groups in total. The largest absolute Gasteiger partial charge is 0.401 e. The summed E-state index contributed by atoms with van der Waals surface area (Å²) in [4.78, 5) is 20.1. The summed E-state index contributed by atoms with van der Waals surface area (Å²) >= 11 is 0. The first-order chi connectivity index (χ1) is 13.7. The molecule has 1 heterocycles. The van der Waals surface area contributed by atoms with Gasteiger partial charge in [0.15, 0.2) is 6.29 Å². The Balaban J connectivity index is 1.88. The Kier molecular flexibility index (Phi) is 4.29. The molecule has 1 saturated carbocycles. The maximum absolute atomic E-state index is 14.2. The molecule has 4 rings (SSSR count). The Morgan fingerprint density at radius 3 is 2.59 bits per heavy atom. The average Bonchev–Trinajstić information content (AvgIpc) is 3.04. The van der Waals surface area contributed by atoms with Crippen LogP contribution in [0, 0.1) is 23.0 Å². The van der Waals surface area contributed by atoms with Gasteiger partial charge in [-0.15, -0.1) is 0 Å². The summed E-state index contributed by atoms with van der Waals surface area (Å²) in [6.45, 7) is 4.16. The molecule has 0 aliphatic heterocycles. The van der Waals surface area contributed by atoms with E-state index in [4.69, 9.17) is 11.5 Å². The number of fused-ring (bicyclic) bond motifs is 2. The Bertz CT molecular complexity index is 1060. The van der Waals surface area contributed by atoms with Gasteiger partial charge in [0.25, 0.3) is 0 Å². The fourth-order valence-electron chi connectivity index (χ4n) is 5.16. The van der Waals surface area contributed by atoms with Gasteiger partial charge < -0.3 is 11.5 Å². The molecule has 2 aromatic rings. The molecule has 150 valence electrons. The predicted molar refractivity (Wildman–Crippen MR) is 105 cm³/mol. The van der Waals surface area contributed by atoms with Crippen LogP contribution in [0.2, 0.25) is 0 Å². The molecule has 1 aromatic carbocycles. The number of aldehydes is 1. The molecule has 7 heteroatoms. The second kappa shape index (κ2) is 6.47. The van der Waals surface area contributed by atoms with Crippen LogP contribution in [-0.4, -0.2) is 16.3 Å². The molecule has 5 nitrogen and oxygen atoms in total. The van der Waals surface area contributed by atoms with Crippen LogP contribution in [0.1, 0.15) is 48.6 Å². The Labute approximate surface area is 167 Å². The summed E-state index contributed by atoms with van der Waals surface area (Å²) in [5.74, 6) is -0.931. The highest BCUT2D eigenvalue weighted by atomic mass is 19.1. The van der Waals surface area contributed by atoms with E-state index in [9.17, 15) is 13.6 Å². The zero-order chi connectivity index (χ0) is 21.0. The van der Waals surface area contributed by atoms with Gasteiger partial charge in [-0.05, 0) is 54.0 Å². The highest BCUT2D eigenvalue weighted by Gasteiger charge is 2.64. The van der Waals surface area contributed by atoms with Crippen LogP contribution in [0.3, 0.4) is 0 Å². The number of carbonyl (C=O) groups excluding carboxylic acids is 1. The first-order valence-corrected chi connectivity index (χ1v) is 9.44. The van der Waals surface area contributed by atoms with Gasteiger partial charge in [0, 0.05) is 17.6 Å². The minimum atomic E-state index is -0.725. The van der Waals surface area contributed by atoms with E-state index in [0.29, 0.717) is 17.8 Å². The second-order valence-corrected chi connectivity index (χ2v) is 8.21. The molecule has 2 aliphatic rings. The first kappa shape index (κ1) is 19.2. The fraction of sp³-hybridized carbons (Fsp3) is 0.318. The van der Waals surface area contributed by atoms with Crippen LogP contribution in [-0.2, 0) is 5.41 Å². The minimum absolute atomic E-state index is 0.0142. The summed E-state index contributed by atoms with van der Waals surface area (Å²) in [5.41, 5.74) is 13.0. The molecule has 1 aromatic heterocycles. The number of aromatic nitrogens is 2. The van der Waals surface area contributed by atoms with Crippen molar-refractivity contribution in [3.05, 3.63) is 76.5 Å². The molecule has 0 saturated heterocycles. The van der Waals surface area contributed by atoms with Crippen molar-refractivity contribution in [3.63, 3.8) is 0 Å². The van der Waals surface area contributed by atoms with Gasteiger partial charge >= 0.3 is 0 Å². The third-order valence-electron chi connectivity index (χ3n) is 6.67. The highest BCUT2D eigenvalue weighted by molar-refractivity contribution is 5.72. The Morgan fingerprint density at radius 2 is 1.93 bits per heavy atom. The predicted octanol–water partition coefficient (Wildman–Crippen LogP) is 3.47. The van der Waals surface area contributed by atoms with Crippen molar-refractivity contribution < 1.29 is 13.6 Å². The number of carbonyl (C=O) groups is 1. The number of allylic oxidation sites excluding steroid dienone is 3. The van der Waals surface area contributed by atoms with Gasteiger partial charge in [-0.1, -0.05) is 19.9 Å². The number of hydrogen-bond acceptors (Lipinski definition) is 5. The molecule has 29 heavy (non-hydrogen) atoms. The standard InChI is InChI=1S/C22H22F2N4O/c1-21(2)14-6-8-22(21,20-27-9-7-12(11-29)28-20)19(26)13(14)10-17(25)18-15(23)4-3-5-16(18)24/h3-5,7,9-11,14H,6,8,25-26H2,1-2H3/b17-10-/t14-,22+/m0/s1.